The first-order chi connectivity index (χ1) is 12.5. The molecule has 1 aromatic carbocycles. The molecule has 0 spiro atoms. The number of hydrogen-bond donors (Lipinski definition) is 1. The molecule has 1 rings (SSSR count). The van der Waals surface area contributed by atoms with Crippen LogP contribution in [0.2, 0.25) is 0 Å². The zero-order chi connectivity index (χ0) is 20.7. The second kappa shape index (κ2) is 9.25. The van der Waals surface area contributed by atoms with Gasteiger partial charge >= 0.3 is 5.97 Å². The molecular formula is C21H33N3O3. The number of hydrogen-bond acceptors (Lipinski definition) is 4. The number of esters is 1. The van der Waals surface area contributed by atoms with Crippen LogP contribution in [0.15, 0.2) is 35.4 Å². The summed E-state index contributed by atoms with van der Waals surface area (Å²) in [4.78, 5) is 15.7. The standard InChI is InChI=1S/C21H33N3O3/c1-19(2,20(3,4)18(26)27-14-10-13-25)15-17(21(5,6)23-24-22)16-11-8-7-9-12-16/h7-9,11-12,17,25H,10,13-15H2,1-6H3. The fourth-order valence-electron chi connectivity index (χ4n) is 3.10. The van der Waals surface area contributed by atoms with Crippen LogP contribution in [0.5, 0.6) is 0 Å². The summed E-state index contributed by atoms with van der Waals surface area (Å²) in [5.41, 5.74) is 8.28. The van der Waals surface area contributed by atoms with E-state index in [1.807, 2.05) is 71.9 Å². The van der Waals surface area contributed by atoms with Gasteiger partial charge in [0.05, 0.1) is 17.6 Å². The molecule has 0 amide bonds. The molecule has 0 heterocycles. The number of nitrogens with zero attached hydrogens (tertiary/aromatic N) is 3. The molecule has 1 aromatic rings. The first-order valence-corrected chi connectivity index (χ1v) is 9.39. The lowest BCUT2D eigenvalue weighted by molar-refractivity contribution is -0.162. The lowest BCUT2D eigenvalue weighted by Crippen LogP contribution is -2.44. The Balaban J connectivity index is 3.18. The Kier molecular flexibility index (Phi) is 7.88. The summed E-state index contributed by atoms with van der Waals surface area (Å²) in [7, 11) is 0. The van der Waals surface area contributed by atoms with Crippen molar-refractivity contribution < 1.29 is 14.6 Å². The van der Waals surface area contributed by atoms with Gasteiger partial charge in [-0.3, -0.25) is 4.79 Å². The monoisotopic (exact) mass is 375 g/mol. The zero-order valence-electron chi connectivity index (χ0n) is 17.4. The maximum atomic E-state index is 12.7. The molecule has 0 bridgehead atoms. The van der Waals surface area contributed by atoms with Gasteiger partial charge in [-0.2, -0.15) is 0 Å². The highest BCUT2D eigenvalue weighted by atomic mass is 16.5. The highest BCUT2D eigenvalue weighted by Crippen LogP contribution is 2.49. The van der Waals surface area contributed by atoms with E-state index in [1.54, 1.807) is 0 Å². The summed E-state index contributed by atoms with van der Waals surface area (Å²) in [6.07, 6.45) is 1.07. The maximum Gasteiger partial charge on any atom is 0.312 e. The average Bonchev–Trinajstić information content (AvgIpc) is 2.60. The van der Waals surface area contributed by atoms with Gasteiger partial charge in [0, 0.05) is 17.9 Å². The van der Waals surface area contributed by atoms with Crippen LogP contribution in [0, 0.1) is 10.8 Å². The molecule has 0 saturated heterocycles. The molecule has 6 heteroatoms. The van der Waals surface area contributed by atoms with E-state index in [2.05, 4.69) is 10.0 Å². The van der Waals surface area contributed by atoms with Crippen LogP contribution in [0.4, 0.5) is 0 Å². The number of carbonyl (C=O) groups is 1. The first kappa shape index (κ1) is 23.0. The molecule has 0 radical (unpaired) electrons. The van der Waals surface area contributed by atoms with Crippen LogP contribution in [0.1, 0.15) is 65.9 Å². The summed E-state index contributed by atoms with van der Waals surface area (Å²) in [6.45, 7) is 11.9. The number of aliphatic hydroxyl groups excluding tert-OH is 1. The second-order valence-corrected chi connectivity index (χ2v) is 8.73. The van der Waals surface area contributed by atoms with Crippen molar-refractivity contribution >= 4 is 5.97 Å². The quantitative estimate of drug-likeness (QED) is 0.199. The number of rotatable bonds is 10. The normalized spacial score (nSPS) is 13.6. The van der Waals surface area contributed by atoms with Crippen molar-refractivity contribution in [2.45, 2.75) is 65.8 Å². The Morgan fingerprint density at radius 3 is 2.30 bits per heavy atom. The van der Waals surface area contributed by atoms with E-state index in [-0.39, 0.29) is 25.1 Å². The van der Waals surface area contributed by atoms with Gasteiger partial charge in [-0.25, -0.2) is 0 Å². The van der Waals surface area contributed by atoms with E-state index in [4.69, 9.17) is 15.4 Å². The zero-order valence-corrected chi connectivity index (χ0v) is 17.4. The Labute approximate surface area is 162 Å². The van der Waals surface area contributed by atoms with Crippen molar-refractivity contribution in [3.8, 4) is 0 Å². The van der Waals surface area contributed by atoms with Crippen molar-refractivity contribution in [3.05, 3.63) is 46.3 Å². The third-order valence-electron chi connectivity index (χ3n) is 5.81. The van der Waals surface area contributed by atoms with E-state index >= 15 is 0 Å². The minimum absolute atomic E-state index is 0.00641. The maximum absolute atomic E-state index is 12.7. The van der Waals surface area contributed by atoms with Gasteiger partial charge in [-0.15, -0.1) is 0 Å². The van der Waals surface area contributed by atoms with Gasteiger partial charge in [0.15, 0.2) is 0 Å². The molecule has 6 nitrogen and oxygen atoms in total. The molecule has 0 aliphatic rings. The van der Waals surface area contributed by atoms with Crippen molar-refractivity contribution in [3.63, 3.8) is 0 Å². The molecule has 0 fully saturated rings. The van der Waals surface area contributed by atoms with E-state index in [0.717, 1.165) is 5.56 Å². The molecule has 1 N–H and O–H groups in total. The lowest BCUT2D eigenvalue weighted by Gasteiger charge is -2.44. The highest BCUT2D eigenvalue weighted by Gasteiger charge is 2.47. The van der Waals surface area contributed by atoms with E-state index < -0.39 is 16.4 Å². The van der Waals surface area contributed by atoms with Gasteiger partial charge in [0.2, 0.25) is 0 Å². The van der Waals surface area contributed by atoms with Crippen LogP contribution in [0.25, 0.3) is 10.4 Å². The summed E-state index contributed by atoms with van der Waals surface area (Å²) < 4.78 is 5.37. The highest BCUT2D eigenvalue weighted by molar-refractivity contribution is 5.77. The largest absolute Gasteiger partial charge is 0.465 e. The number of azide groups is 1. The van der Waals surface area contributed by atoms with Gasteiger partial charge in [0.25, 0.3) is 0 Å². The number of aliphatic hydroxyl groups is 1. The molecule has 0 aliphatic heterocycles. The van der Waals surface area contributed by atoms with Crippen LogP contribution in [0.3, 0.4) is 0 Å². The minimum Gasteiger partial charge on any atom is -0.465 e. The van der Waals surface area contributed by atoms with Crippen LogP contribution in [-0.2, 0) is 9.53 Å². The SMILES string of the molecule is CC(C)(N=[N+]=[N-])C(CC(C)(C)C(C)(C)C(=O)OCCCO)c1ccccc1. The predicted molar refractivity (Wildman–Crippen MR) is 107 cm³/mol. The summed E-state index contributed by atoms with van der Waals surface area (Å²) in [5, 5.41) is 12.9. The Hall–Kier alpha value is -2.04. The summed E-state index contributed by atoms with van der Waals surface area (Å²) in [6, 6.07) is 9.95. The van der Waals surface area contributed by atoms with Crippen molar-refractivity contribution in [2.24, 2.45) is 15.9 Å². The molecule has 150 valence electrons. The van der Waals surface area contributed by atoms with Crippen molar-refractivity contribution in [1.82, 2.24) is 0 Å². The topological polar surface area (TPSA) is 95.3 Å². The fraction of sp³-hybridized carbons (Fsp3) is 0.667. The van der Waals surface area contributed by atoms with Crippen LogP contribution >= 0.6 is 0 Å². The molecule has 1 unspecified atom stereocenters. The number of ether oxygens (including phenoxy) is 1. The number of carbonyl (C=O) groups excluding carboxylic acids is 1. The first-order valence-electron chi connectivity index (χ1n) is 9.39. The molecule has 27 heavy (non-hydrogen) atoms. The molecule has 0 aromatic heterocycles. The molecular weight excluding hydrogens is 342 g/mol. The second-order valence-electron chi connectivity index (χ2n) is 8.73. The minimum atomic E-state index is -0.748. The van der Waals surface area contributed by atoms with Crippen molar-refractivity contribution in [1.29, 1.82) is 0 Å². The van der Waals surface area contributed by atoms with Crippen LogP contribution in [-0.4, -0.2) is 29.8 Å². The predicted octanol–water partition coefficient (Wildman–Crippen LogP) is 5.23. The summed E-state index contributed by atoms with van der Waals surface area (Å²) in [5.74, 6) is -0.344. The average molecular weight is 376 g/mol. The van der Waals surface area contributed by atoms with E-state index in [1.165, 1.54) is 0 Å². The molecule has 1 atom stereocenters. The van der Waals surface area contributed by atoms with Crippen molar-refractivity contribution in [2.75, 3.05) is 13.2 Å². The third kappa shape index (κ3) is 5.72. The summed E-state index contributed by atoms with van der Waals surface area (Å²) >= 11 is 0. The lowest BCUT2D eigenvalue weighted by atomic mass is 9.61. The van der Waals surface area contributed by atoms with Gasteiger partial charge in [-0.1, -0.05) is 63.1 Å². The Bertz CT molecular complexity index is 663. The molecule has 0 saturated carbocycles. The van der Waals surface area contributed by atoms with Gasteiger partial charge in [0.1, 0.15) is 0 Å². The smallest absolute Gasteiger partial charge is 0.312 e. The Morgan fingerprint density at radius 2 is 1.78 bits per heavy atom. The van der Waals surface area contributed by atoms with E-state index in [9.17, 15) is 4.79 Å². The van der Waals surface area contributed by atoms with Gasteiger partial charge < -0.3 is 9.84 Å². The van der Waals surface area contributed by atoms with Gasteiger partial charge in [-0.05, 0) is 42.7 Å². The Morgan fingerprint density at radius 1 is 1.19 bits per heavy atom. The molecule has 0 aliphatic carbocycles. The number of benzene rings is 1. The van der Waals surface area contributed by atoms with Crippen LogP contribution < -0.4 is 0 Å². The van der Waals surface area contributed by atoms with E-state index in [0.29, 0.717) is 12.8 Å². The third-order valence-corrected chi connectivity index (χ3v) is 5.81. The fourth-order valence-corrected chi connectivity index (χ4v) is 3.10.